The van der Waals surface area contributed by atoms with Crippen molar-refractivity contribution in [3.63, 3.8) is 0 Å². The van der Waals surface area contributed by atoms with Gasteiger partial charge in [-0.3, -0.25) is 10.1 Å². The summed E-state index contributed by atoms with van der Waals surface area (Å²) in [6.45, 7) is -0.111. The number of nitrogens with one attached hydrogen (secondary N) is 1. The van der Waals surface area contributed by atoms with Crippen LogP contribution in [0.1, 0.15) is 0 Å². The molecule has 0 aliphatic carbocycles. The van der Waals surface area contributed by atoms with Crippen LogP contribution in [0.15, 0.2) is 18.3 Å². The zero-order valence-corrected chi connectivity index (χ0v) is 10.9. The molecule has 1 aromatic rings. The van der Waals surface area contributed by atoms with Crippen LogP contribution in [0.4, 0.5) is 11.5 Å². The highest BCUT2D eigenvalue weighted by atomic mass is 16.6. The zero-order valence-electron chi connectivity index (χ0n) is 10.9. The Morgan fingerprint density at radius 2 is 2.32 bits per heavy atom. The summed E-state index contributed by atoms with van der Waals surface area (Å²) in [5.74, 6) is 0.180. The van der Waals surface area contributed by atoms with Gasteiger partial charge in [0.25, 0.3) is 0 Å². The first-order chi connectivity index (χ1) is 9.01. The molecule has 0 saturated heterocycles. The van der Waals surface area contributed by atoms with Gasteiger partial charge in [0, 0.05) is 25.9 Å². The molecule has 1 rings (SSSR count). The lowest BCUT2D eigenvalue weighted by Crippen LogP contribution is -2.46. The van der Waals surface area contributed by atoms with Crippen LogP contribution in [0.5, 0.6) is 0 Å². The van der Waals surface area contributed by atoms with Gasteiger partial charge in [0.15, 0.2) is 0 Å². The molecular weight excluding hydrogens is 252 g/mol. The number of aromatic nitrogens is 1. The van der Waals surface area contributed by atoms with Gasteiger partial charge in [0.05, 0.1) is 23.7 Å². The molecule has 0 saturated carbocycles. The minimum Gasteiger partial charge on any atom is -0.395 e. The van der Waals surface area contributed by atoms with E-state index in [2.05, 4.69) is 10.3 Å². The number of likely N-dealkylation sites (N-methyl/N-ethyl adjacent to an activating group) is 2. The molecule has 1 heterocycles. The lowest BCUT2D eigenvalue weighted by Gasteiger charge is -2.26. The summed E-state index contributed by atoms with van der Waals surface area (Å²) in [6.07, 6.45) is 0.578. The summed E-state index contributed by atoms with van der Waals surface area (Å²) in [5, 5.41) is 32.6. The van der Waals surface area contributed by atoms with E-state index in [1.807, 2.05) is 0 Å². The molecule has 1 aromatic heterocycles. The Balaban J connectivity index is 2.83. The lowest BCUT2D eigenvalue weighted by molar-refractivity contribution is -0.384. The number of nitro groups is 1. The molecule has 3 N–H and O–H groups in total. The van der Waals surface area contributed by atoms with Crippen molar-refractivity contribution in [2.45, 2.75) is 12.1 Å². The van der Waals surface area contributed by atoms with Gasteiger partial charge in [0.1, 0.15) is 0 Å². The van der Waals surface area contributed by atoms with E-state index in [-0.39, 0.29) is 24.7 Å². The molecule has 2 atom stereocenters. The minimum atomic E-state index is -0.874. The second kappa shape index (κ2) is 6.98. The highest BCUT2D eigenvalue weighted by molar-refractivity contribution is 5.56. The molecule has 19 heavy (non-hydrogen) atoms. The van der Waals surface area contributed by atoms with Crippen molar-refractivity contribution >= 4 is 11.5 Å². The van der Waals surface area contributed by atoms with E-state index in [1.165, 1.54) is 23.2 Å². The molecule has 0 fully saturated rings. The fourth-order valence-electron chi connectivity index (χ4n) is 1.72. The lowest BCUT2D eigenvalue weighted by atomic mass is 10.1. The van der Waals surface area contributed by atoms with E-state index in [0.29, 0.717) is 0 Å². The normalized spacial score (nSPS) is 13.9. The Morgan fingerprint density at radius 1 is 1.63 bits per heavy atom. The molecule has 8 heteroatoms. The molecule has 2 unspecified atom stereocenters. The van der Waals surface area contributed by atoms with Crippen LogP contribution < -0.4 is 10.2 Å². The number of hydrogen-bond acceptors (Lipinski definition) is 7. The summed E-state index contributed by atoms with van der Waals surface area (Å²) < 4.78 is 0. The van der Waals surface area contributed by atoms with Crippen molar-refractivity contribution in [2.75, 3.05) is 32.1 Å². The fourth-order valence-corrected chi connectivity index (χ4v) is 1.72. The predicted octanol–water partition coefficient (Wildman–Crippen LogP) is -0.633. The molecule has 0 radical (unpaired) electrons. The van der Waals surface area contributed by atoms with Gasteiger partial charge in [-0.05, 0) is 13.1 Å². The highest BCUT2D eigenvalue weighted by Gasteiger charge is 2.23. The van der Waals surface area contributed by atoms with E-state index >= 15 is 0 Å². The Hall–Kier alpha value is -1.77. The molecule has 0 aliphatic heterocycles. The average Bonchev–Trinajstić information content (AvgIpc) is 2.40. The second-order valence-corrected chi connectivity index (χ2v) is 4.13. The maximum absolute atomic E-state index is 10.9. The highest BCUT2D eigenvalue weighted by Crippen LogP contribution is 2.23. The number of rotatable bonds is 7. The number of pyridine rings is 1. The van der Waals surface area contributed by atoms with Gasteiger partial charge in [-0.25, -0.2) is 4.98 Å². The molecule has 106 valence electrons. The number of aliphatic hydroxyl groups excluding tert-OH is 2. The summed E-state index contributed by atoms with van der Waals surface area (Å²) in [5.41, 5.74) is -0.123. The topological polar surface area (TPSA) is 112 Å². The van der Waals surface area contributed by atoms with Crippen molar-refractivity contribution in [1.29, 1.82) is 0 Å². The van der Waals surface area contributed by atoms with Gasteiger partial charge in [-0.15, -0.1) is 0 Å². The second-order valence-electron chi connectivity index (χ2n) is 4.13. The number of aliphatic hydroxyl groups is 2. The van der Waals surface area contributed by atoms with Gasteiger partial charge in [-0.1, -0.05) is 0 Å². The Kier molecular flexibility index (Phi) is 5.61. The molecule has 0 bridgehead atoms. The maximum Gasteiger partial charge on any atom is 0.311 e. The fraction of sp³-hybridized carbons (Fsp3) is 0.545. The van der Waals surface area contributed by atoms with E-state index < -0.39 is 17.1 Å². The minimum absolute atomic E-state index is 0.115. The van der Waals surface area contributed by atoms with Crippen molar-refractivity contribution in [1.82, 2.24) is 10.3 Å². The van der Waals surface area contributed by atoms with E-state index in [1.54, 1.807) is 14.1 Å². The summed E-state index contributed by atoms with van der Waals surface area (Å²) in [6, 6.07) is 2.34. The predicted molar refractivity (Wildman–Crippen MR) is 70.1 cm³/mol. The zero-order chi connectivity index (χ0) is 14.4. The average molecular weight is 270 g/mol. The van der Waals surface area contributed by atoms with Crippen LogP contribution in [0.2, 0.25) is 0 Å². The van der Waals surface area contributed by atoms with E-state index in [4.69, 9.17) is 5.11 Å². The molecule has 0 amide bonds. The maximum atomic E-state index is 10.9. The van der Waals surface area contributed by atoms with E-state index in [0.717, 1.165) is 0 Å². The van der Waals surface area contributed by atoms with Crippen LogP contribution in [0.3, 0.4) is 0 Å². The quantitative estimate of drug-likeness (QED) is 0.446. The van der Waals surface area contributed by atoms with Crippen LogP contribution in [-0.4, -0.2) is 59.5 Å². The smallest absolute Gasteiger partial charge is 0.311 e. The van der Waals surface area contributed by atoms with Crippen LogP contribution in [0, 0.1) is 10.1 Å². The first-order valence-electron chi connectivity index (χ1n) is 5.78. The van der Waals surface area contributed by atoms with Crippen molar-refractivity contribution in [3.8, 4) is 0 Å². The van der Waals surface area contributed by atoms with Crippen LogP contribution >= 0.6 is 0 Å². The molecular formula is C11H18N4O4. The number of anilines is 1. The Bertz CT molecular complexity index is 425. The third kappa shape index (κ3) is 3.85. The third-order valence-electron chi connectivity index (χ3n) is 2.82. The summed E-state index contributed by atoms with van der Waals surface area (Å²) in [7, 11) is 3.22. The first kappa shape index (κ1) is 15.3. The summed E-state index contributed by atoms with van der Waals surface area (Å²) >= 11 is 0. The van der Waals surface area contributed by atoms with E-state index in [9.17, 15) is 15.2 Å². The third-order valence-corrected chi connectivity index (χ3v) is 2.82. The monoisotopic (exact) mass is 270 g/mol. The summed E-state index contributed by atoms with van der Waals surface area (Å²) in [4.78, 5) is 15.8. The van der Waals surface area contributed by atoms with Crippen LogP contribution in [-0.2, 0) is 0 Å². The standard InChI is InChI=1S/C11H18N4O4/c1-12-8(7-16)10(17)6-14(2)11-9(15(18)19)4-3-5-13-11/h3-5,8,10,12,16-17H,6-7H2,1-2H3. The van der Waals surface area contributed by atoms with Crippen LogP contribution in [0.25, 0.3) is 0 Å². The van der Waals surface area contributed by atoms with Crippen molar-refractivity contribution < 1.29 is 15.1 Å². The Morgan fingerprint density at radius 3 is 2.84 bits per heavy atom. The molecule has 0 aromatic carbocycles. The molecule has 0 spiro atoms. The van der Waals surface area contributed by atoms with Gasteiger partial charge in [0.2, 0.25) is 5.82 Å². The van der Waals surface area contributed by atoms with Gasteiger partial charge >= 0.3 is 5.69 Å². The largest absolute Gasteiger partial charge is 0.395 e. The van der Waals surface area contributed by atoms with Gasteiger partial charge < -0.3 is 20.4 Å². The van der Waals surface area contributed by atoms with Gasteiger partial charge in [-0.2, -0.15) is 0 Å². The number of hydrogen-bond donors (Lipinski definition) is 3. The SMILES string of the molecule is CNC(CO)C(O)CN(C)c1ncccc1[N+](=O)[O-]. The van der Waals surface area contributed by atoms with Crippen molar-refractivity contribution in [3.05, 3.63) is 28.4 Å². The number of nitrogens with zero attached hydrogens (tertiary/aromatic N) is 3. The molecule has 8 nitrogen and oxygen atoms in total. The Labute approximate surface area is 110 Å². The first-order valence-corrected chi connectivity index (χ1v) is 5.78. The van der Waals surface area contributed by atoms with Crippen molar-refractivity contribution in [2.24, 2.45) is 0 Å². The molecule has 0 aliphatic rings.